The van der Waals surface area contributed by atoms with E-state index in [1.165, 1.54) is 6.08 Å². The lowest BCUT2D eigenvalue weighted by Crippen LogP contribution is -2.57. The Bertz CT molecular complexity index is 1080. The zero-order valence-electron chi connectivity index (χ0n) is 22.7. The Morgan fingerprint density at radius 1 is 1.24 bits per heavy atom. The summed E-state index contributed by atoms with van der Waals surface area (Å²) < 4.78 is 4.23. The molecule has 3 heterocycles. The summed E-state index contributed by atoms with van der Waals surface area (Å²) in [6, 6.07) is 8.44. The van der Waals surface area contributed by atoms with Crippen LogP contribution >= 0.6 is 11.8 Å². The minimum absolute atomic E-state index is 0.0763. The van der Waals surface area contributed by atoms with Gasteiger partial charge in [0.15, 0.2) is 0 Å². The van der Waals surface area contributed by atoms with E-state index in [9.17, 15) is 19.5 Å². The largest absolute Gasteiger partial charge is 0.461 e. The van der Waals surface area contributed by atoms with Crippen LogP contribution in [0.3, 0.4) is 0 Å². The number of amides is 2. The number of thioether (sulfide) groups is 1. The molecule has 1 spiro atoms. The summed E-state index contributed by atoms with van der Waals surface area (Å²) in [7, 11) is 0. The van der Waals surface area contributed by atoms with Gasteiger partial charge in [0, 0.05) is 17.8 Å². The second-order valence-electron chi connectivity index (χ2n) is 11.4. The molecule has 0 aromatic heterocycles. The molecule has 1 N–H and O–H groups in total. The van der Waals surface area contributed by atoms with E-state index in [1.807, 2.05) is 51.1 Å². The number of esters is 1. The molecule has 4 rings (SSSR count). The maximum atomic E-state index is 14.5. The fourth-order valence-electron chi connectivity index (χ4n) is 6.81. The van der Waals surface area contributed by atoms with Crippen molar-refractivity contribution in [2.45, 2.75) is 68.2 Å². The summed E-state index contributed by atoms with van der Waals surface area (Å²) in [5.74, 6) is -1.93. The molecule has 3 aliphatic rings. The lowest BCUT2D eigenvalue weighted by molar-refractivity contribution is -0.155. The molecule has 38 heavy (non-hydrogen) atoms. The van der Waals surface area contributed by atoms with Crippen molar-refractivity contribution in [3.8, 4) is 0 Å². The standard InChI is InChI=1S/C30H40N2O5S/c1-6-15-31(18-21-11-9-8-10-12-21)27(35)25-30-14-13-29(5,38-30)24(28(36)37-16-7-2)23(30)26(34)32(25)22(19-33)17-20(3)4/h6-12,20,22-25,33H,1-2,13-19H2,3-5H3/t22-,23+,24-,25?,29+,30?/m1/s1. The van der Waals surface area contributed by atoms with Crippen molar-refractivity contribution in [1.82, 2.24) is 9.80 Å². The quantitative estimate of drug-likeness (QED) is 0.320. The number of rotatable bonds is 12. The molecule has 3 fully saturated rings. The molecule has 2 bridgehead atoms. The molecule has 3 aliphatic heterocycles. The summed E-state index contributed by atoms with van der Waals surface area (Å²) in [4.78, 5) is 45.6. The third-order valence-electron chi connectivity index (χ3n) is 8.27. The number of benzene rings is 1. The number of carbonyl (C=O) groups is 3. The molecule has 8 heteroatoms. The Kier molecular flexibility index (Phi) is 8.43. The van der Waals surface area contributed by atoms with Crippen molar-refractivity contribution in [3.63, 3.8) is 0 Å². The Morgan fingerprint density at radius 3 is 2.55 bits per heavy atom. The number of nitrogens with zero attached hydrogens (tertiary/aromatic N) is 2. The average Bonchev–Trinajstić information content (AvgIpc) is 3.46. The van der Waals surface area contributed by atoms with Crippen molar-refractivity contribution < 1.29 is 24.2 Å². The lowest BCUT2D eigenvalue weighted by Gasteiger charge is -2.40. The Labute approximate surface area is 230 Å². The van der Waals surface area contributed by atoms with Gasteiger partial charge in [-0.15, -0.1) is 18.3 Å². The van der Waals surface area contributed by atoms with Crippen LogP contribution < -0.4 is 0 Å². The molecule has 2 unspecified atom stereocenters. The zero-order chi connectivity index (χ0) is 27.7. The summed E-state index contributed by atoms with van der Waals surface area (Å²) in [6.45, 7) is 14.1. The first-order valence-corrected chi connectivity index (χ1v) is 14.3. The number of carbonyl (C=O) groups excluding carboxylic acids is 3. The minimum atomic E-state index is -0.788. The molecular weight excluding hydrogens is 500 g/mol. The first kappa shape index (κ1) is 28.4. The zero-order valence-corrected chi connectivity index (χ0v) is 23.5. The summed E-state index contributed by atoms with van der Waals surface area (Å²) in [5, 5.41) is 10.5. The highest BCUT2D eigenvalue weighted by atomic mass is 32.2. The molecule has 7 nitrogen and oxygen atoms in total. The van der Waals surface area contributed by atoms with Crippen molar-refractivity contribution in [1.29, 1.82) is 0 Å². The van der Waals surface area contributed by atoms with Gasteiger partial charge in [-0.3, -0.25) is 14.4 Å². The fraction of sp³-hybridized carbons (Fsp3) is 0.567. The highest BCUT2D eigenvalue weighted by Gasteiger charge is 2.78. The fourth-order valence-corrected chi connectivity index (χ4v) is 9.14. The molecular formula is C30H40N2O5S. The summed E-state index contributed by atoms with van der Waals surface area (Å²) in [5.41, 5.74) is 0.981. The van der Waals surface area contributed by atoms with Gasteiger partial charge in [-0.25, -0.2) is 0 Å². The Morgan fingerprint density at radius 2 is 1.95 bits per heavy atom. The Balaban J connectivity index is 1.79. The van der Waals surface area contributed by atoms with Gasteiger partial charge in [0.05, 0.1) is 29.2 Å². The van der Waals surface area contributed by atoms with Crippen LogP contribution in [0.2, 0.25) is 0 Å². The minimum Gasteiger partial charge on any atom is -0.461 e. The topological polar surface area (TPSA) is 87.1 Å². The highest BCUT2D eigenvalue weighted by Crippen LogP contribution is 2.71. The second kappa shape index (κ2) is 11.3. The van der Waals surface area contributed by atoms with E-state index in [0.29, 0.717) is 32.4 Å². The molecule has 206 valence electrons. The Hall–Kier alpha value is -2.58. The normalized spacial score (nSPS) is 30.3. The molecule has 6 atom stereocenters. The average molecular weight is 541 g/mol. The lowest BCUT2D eigenvalue weighted by atomic mass is 9.66. The summed E-state index contributed by atoms with van der Waals surface area (Å²) >= 11 is 1.61. The van der Waals surface area contributed by atoms with Crippen LogP contribution in [-0.2, 0) is 25.7 Å². The number of ether oxygens (including phenoxy) is 1. The van der Waals surface area contributed by atoms with Crippen LogP contribution in [-0.4, -0.2) is 74.0 Å². The maximum absolute atomic E-state index is 14.5. The molecule has 3 saturated heterocycles. The van der Waals surface area contributed by atoms with Crippen molar-refractivity contribution in [2.75, 3.05) is 19.8 Å². The molecule has 2 amide bonds. The van der Waals surface area contributed by atoms with Gasteiger partial charge < -0.3 is 19.6 Å². The van der Waals surface area contributed by atoms with E-state index in [-0.39, 0.29) is 30.9 Å². The van der Waals surface area contributed by atoms with Crippen LogP contribution in [0.5, 0.6) is 0 Å². The van der Waals surface area contributed by atoms with Crippen LogP contribution in [0.4, 0.5) is 0 Å². The second-order valence-corrected chi connectivity index (χ2v) is 13.2. The molecule has 0 saturated carbocycles. The number of hydrogen-bond acceptors (Lipinski definition) is 6. The van der Waals surface area contributed by atoms with E-state index in [2.05, 4.69) is 13.2 Å². The van der Waals surface area contributed by atoms with Crippen molar-refractivity contribution in [3.05, 3.63) is 61.2 Å². The predicted octanol–water partition coefficient (Wildman–Crippen LogP) is 3.82. The van der Waals surface area contributed by atoms with Gasteiger partial charge in [0.25, 0.3) is 0 Å². The van der Waals surface area contributed by atoms with Crippen LogP contribution in [0.15, 0.2) is 55.6 Å². The van der Waals surface area contributed by atoms with Gasteiger partial charge in [-0.2, -0.15) is 0 Å². The van der Waals surface area contributed by atoms with E-state index < -0.39 is 39.4 Å². The predicted molar refractivity (Wildman–Crippen MR) is 149 cm³/mol. The first-order valence-electron chi connectivity index (χ1n) is 13.5. The van der Waals surface area contributed by atoms with Gasteiger partial charge in [-0.1, -0.05) is 62.9 Å². The van der Waals surface area contributed by atoms with E-state index in [1.54, 1.807) is 27.6 Å². The van der Waals surface area contributed by atoms with Gasteiger partial charge >= 0.3 is 5.97 Å². The van der Waals surface area contributed by atoms with E-state index in [0.717, 1.165) is 5.56 Å². The smallest absolute Gasteiger partial charge is 0.311 e. The van der Waals surface area contributed by atoms with Gasteiger partial charge in [-0.05, 0) is 37.7 Å². The molecule has 0 radical (unpaired) electrons. The van der Waals surface area contributed by atoms with E-state index in [4.69, 9.17) is 4.74 Å². The van der Waals surface area contributed by atoms with Gasteiger partial charge in [0.2, 0.25) is 11.8 Å². The number of aliphatic hydroxyl groups is 1. The highest BCUT2D eigenvalue weighted by molar-refractivity contribution is 8.02. The first-order chi connectivity index (χ1) is 18.1. The maximum Gasteiger partial charge on any atom is 0.311 e. The van der Waals surface area contributed by atoms with E-state index >= 15 is 0 Å². The van der Waals surface area contributed by atoms with Crippen LogP contribution in [0, 0.1) is 17.8 Å². The molecule has 0 aliphatic carbocycles. The SMILES string of the molecule is C=CCOC(=O)[C@H]1[C@H]2C(=O)N([C@@H](CO)CC(C)C)C(C(=O)N(CC=C)Cc3ccccc3)C23CC[C@]1(C)S3. The number of fused-ring (bicyclic) bond motifs is 1. The molecule has 1 aromatic carbocycles. The third kappa shape index (κ3) is 4.81. The number of likely N-dealkylation sites (tertiary alicyclic amines) is 1. The third-order valence-corrected chi connectivity index (χ3v) is 10.3. The van der Waals surface area contributed by atoms with Crippen LogP contribution in [0.25, 0.3) is 0 Å². The summed E-state index contributed by atoms with van der Waals surface area (Å²) in [6.07, 6.45) is 5.14. The monoisotopic (exact) mass is 540 g/mol. The number of hydrogen-bond donors (Lipinski definition) is 1. The van der Waals surface area contributed by atoms with Crippen molar-refractivity contribution in [2.24, 2.45) is 17.8 Å². The number of aliphatic hydroxyl groups excluding tert-OH is 1. The van der Waals surface area contributed by atoms with Crippen LogP contribution in [0.1, 0.15) is 45.6 Å². The van der Waals surface area contributed by atoms with Gasteiger partial charge in [0.1, 0.15) is 12.6 Å². The molecule has 1 aromatic rings. The van der Waals surface area contributed by atoms with Crippen molar-refractivity contribution >= 4 is 29.5 Å².